The zero-order valence-corrected chi connectivity index (χ0v) is 16.6. The fourth-order valence-corrected chi connectivity index (χ4v) is 4.14. The lowest BCUT2D eigenvalue weighted by Gasteiger charge is -2.41. The zero-order valence-electron chi connectivity index (χ0n) is 16.6. The Hall–Kier alpha value is -2.68. The molecule has 5 N–H and O–H groups in total. The van der Waals surface area contributed by atoms with Crippen molar-refractivity contribution in [2.45, 2.75) is 25.4 Å². The molecule has 1 fully saturated rings. The second kappa shape index (κ2) is 7.98. The van der Waals surface area contributed by atoms with Crippen LogP contribution in [-0.2, 0) is 18.4 Å². The Balaban J connectivity index is 1.26. The van der Waals surface area contributed by atoms with E-state index in [2.05, 4.69) is 57.7 Å². The van der Waals surface area contributed by atoms with Crippen molar-refractivity contribution in [3.8, 4) is 0 Å². The molecule has 1 amide bonds. The van der Waals surface area contributed by atoms with Gasteiger partial charge in [0.15, 0.2) is 0 Å². The number of benzene rings is 1. The molecule has 0 aliphatic carbocycles. The van der Waals surface area contributed by atoms with Gasteiger partial charge in [-0.05, 0) is 36.9 Å². The number of rotatable bonds is 6. The summed E-state index contributed by atoms with van der Waals surface area (Å²) in [5.41, 5.74) is 8.05. The van der Waals surface area contributed by atoms with E-state index in [1.54, 1.807) is 0 Å². The van der Waals surface area contributed by atoms with Crippen molar-refractivity contribution >= 4 is 23.0 Å². The zero-order chi connectivity index (χ0) is 20.4. The first-order valence-electron chi connectivity index (χ1n) is 10.0. The number of fused-ring (bicyclic) bond motifs is 1. The third-order valence-electron chi connectivity index (χ3n) is 5.87. The first kappa shape index (κ1) is 19.6. The summed E-state index contributed by atoms with van der Waals surface area (Å²) < 4.78 is 2.17. The molecule has 8 heteroatoms. The molecule has 0 spiro atoms. The van der Waals surface area contributed by atoms with Crippen molar-refractivity contribution in [3.63, 3.8) is 0 Å². The molecule has 1 unspecified atom stereocenters. The van der Waals surface area contributed by atoms with Gasteiger partial charge in [0.25, 0.3) is 11.9 Å². The van der Waals surface area contributed by atoms with Gasteiger partial charge < -0.3 is 26.0 Å². The number of para-hydroxylation sites is 1. The van der Waals surface area contributed by atoms with Crippen molar-refractivity contribution in [1.29, 1.82) is 0 Å². The molecule has 1 atom stereocenters. The monoisotopic (exact) mass is 396 g/mol. The van der Waals surface area contributed by atoms with Gasteiger partial charge in [-0.3, -0.25) is 4.79 Å². The number of likely N-dealkylation sites (tertiary alicyclic amines) is 1. The van der Waals surface area contributed by atoms with Crippen LogP contribution in [0.5, 0.6) is 0 Å². The normalized spacial score (nSPS) is 23.2. The fourth-order valence-electron chi connectivity index (χ4n) is 4.14. The summed E-state index contributed by atoms with van der Waals surface area (Å²) in [5, 5.41) is 18.4. The number of aromatic nitrogens is 1. The van der Waals surface area contributed by atoms with Crippen molar-refractivity contribution in [1.82, 2.24) is 20.1 Å². The molecule has 1 aromatic carbocycles. The number of aliphatic hydroxyl groups is 1. The van der Waals surface area contributed by atoms with E-state index >= 15 is 0 Å². The van der Waals surface area contributed by atoms with Crippen molar-refractivity contribution < 1.29 is 9.90 Å². The van der Waals surface area contributed by atoms with E-state index in [4.69, 9.17) is 5.73 Å². The molecular formula is C21H28N6O2. The van der Waals surface area contributed by atoms with E-state index < -0.39 is 11.9 Å². The lowest BCUT2D eigenvalue weighted by Crippen LogP contribution is -2.59. The number of aliphatic imine (C=N–C) groups is 1. The van der Waals surface area contributed by atoms with E-state index in [1.165, 1.54) is 28.9 Å². The number of hydrogen-bond acceptors (Lipinski definition) is 6. The van der Waals surface area contributed by atoms with Crippen molar-refractivity contribution in [2.24, 2.45) is 23.7 Å². The van der Waals surface area contributed by atoms with Crippen LogP contribution >= 0.6 is 0 Å². The molecule has 154 valence electrons. The third-order valence-corrected chi connectivity index (χ3v) is 5.87. The van der Waals surface area contributed by atoms with Gasteiger partial charge in [-0.25, -0.2) is 9.89 Å². The van der Waals surface area contributed by atoms with Gasteiger partial charge in [-0.2, -0.15) is 0 Å². The molecule has 4 rings (SSSR count). The predicted molar refractivity (Wildman–Crippen MR) is 113 cm³/mol. The number of aryl methyl sites for hydroxylation is 1. The summed E-state index contributed by atoms with van der Waals surface area (Å²) in [6, 6.07) is 8.45. The maximum absolute atomic E-state index is 11.2. The molecule has 1 saturated heterocycles. The second-order valence-electron chi connectivity index (χ2n) is 7.85. The number of nitrogens with zero attached hydrogens (tertiary/aromatic N) is 3. The average Bonchev–Trinajstić information content (AvgIpc) is 3.05. The Morgan fingerprint density at radius 1 is 1.38 bits per heavy atom. The molecule has 0 bridgehead atoms. The summed E-state index contributed by atoms with van der Waals surface area (Å²) in [4.78, 5) is 17.2. The lowest BCUT2D eigenvalue weighted by atomic mass is 9.96. The number of carbonyl (C=O) groups is 1. The summed E-state index contributed by atoms with van der Waals surface area (Å²) >= 11 is 0. The van der Waals surface area contributed by atoms with Crippen LogP contribution in [0.4, 0.5) is 0 Å². The largest absolute Gasteiger partial charge is 0.366 e. The second-order valence-corrected chi connectivity index (χ2v) is 7.85. The molecule has 3 heterocycles. The topological polar surface area (TPSA) is 108 Å². The summed E-state index contributed by atoms with van der Waals surface area (Å²) in [6.45, 7) is 3.23. The standard InChI is InChI=1S/C21H28N6O2/c1-26-14-17(18-4-2-3-5-19(18)26)11-23-10-15-6-8-27(9-7-15)21(29)24-12-16(13-25-21)20(22)28/h2-5,12-15,23-24,29H,6-11H2,1H3,(H2,22,28). The molecule has 1 aromatic heterocycles. The number of amides is 1. The third kappa shape index (κ3) is 4.05. The molecule has 29 heavy (non-hydrogen) atoms. The van der Waals surface area contributed by atoms with Crippen LogP contribution < -0.4 is 16.4 Å². The minimum atomic E-state index is -1.50. The smallest absolute Gasteiger partial charge is 0.299 e. The van der Waals surface area contributed by atoms with E-state index in [1.807, 2.05) is 4.90 Å². The highest BCUT2D eigenvalue weighted by molar-refractivity contribution is 6.11. The van der Waals surface area contributed by atoms with Crippen molar-refractivity contribution in [3.05, 3.63) is 47.8 Å². The summed E-state index contributed by atoms with van der Waals surface area (Å²) in [6.07, 6.45) is 6.88. The molecule has 2 aliphatic rings. The van der Waals surface area contributed by atoms with Crippen LogP contribution in [0.25, 0.3) is 10.9 Å². The van der Waals surface area contributed by atoms with Crippen LogP contribution in [0.15, 0.2) is 47.2 Å². The molecule has 0 saturated carbocycles. The number of nitrogens with one attached hydrogen (secondary N) is 2. The van der Waals surface area contributed by atoms with Gasteiger partial charge in [0.05, 0.1) is 5.57 Å². The van der Waals surface area contributed by atoms with Gasteiger partial charge in [0.1, 0.15) is 0 Å². The van der Waals surface area contributed by atoms with Gasteiger partial charge in [0.2, 0.25) is 0 Å². The number of primary amides is 1. The van der Waals surface area contributed by atoms with Crippen LogP contribution in [0.1, 0.15) is 18.4 Å². The fraction of sp³-hybridized carbons (Fsp3) is 0.429. The Morgan fingerprint density at radius 2 is 2.14 bits per heavy atom. The number of piperidine rings is 1. The summed E-state index contributed by atoms with van der Waals surface area (Å²) in [7, 11) is 2.08. The van der Waals surface area contributed by atoms with E-state index in [0.29, 0.717) is 5.92 Å². The molecule has 2 aliphatic heterocycles. The predicted octanol–water partition coefficient (Wildman–Crippen LogP) is 0.627. The highest BCUT2D eigenvalue weighted by Crippen LogP contribution is 2.24. The van der Waals surface area contributed by atoms with Gasteiger partial charge in [0, 0.05) is 56.2 Å². The number of nitrogens with two attached hydrogens (primary N) is 1. The van der Waals surface area contributed by atoms with Gasteiger partial charge in [-0.1, -0.05) is 18.2 Å². The Bertz CT molecular complexity index is 957. The Labute approximate surface area is 170 Å². The molecule has 8 nitrogen and oxygen atoms in total. The van der Waals surface area contributed by atoms with Crippen LogP contribution in [0.3, 0.4) is 0 Å². The molecule has 0 radical (unpaired) electrons. The minimum Gasteiger partial charge on any atom is -0.366 e. The SMILES string of the molecule is Cn1cc(CNCC2CCN(C3(O)N=CC(C(N)=O)=CN3)CC2)c2ccccc21. The van der Waals surface area contributed by atoms with Crippen LogP contribution in [0, 0.1) is 5.92 Å². The van der Waals surface area contributed by atoms with E-state index in [0.717, 1.165) is 39.0 Å². The van der Waals surface area contributed by atoms with E-state index in [9.17, 15) is 9.90 Å². The maximum atomic E-state index is 11.2. The molecular weight excluding hydrogens is 368 g/mol. The quantitative estimate of drug-likeness (QED) is 0.573. The van der Waals surface area contributed by atoms with Gasteiger partial charge >= 0.3 is 0 Å². The van der Waals surface area contributed by atoms with E-state index in [-0.39, 0.29) is 5.57 Å². The number of hydrogen-bond donors (Lipinski definition) is 4. The van der Waals surface area contributed by atoms with Crippen LogP contribution in [-0.4, -0.2) is 52.3 Å². The first-order valence-corrected chi connectivity index (χ1v) is 10.0. The highest BCUT2D eigenvalue weighted by atomic mass is 16.3. The highest BCUT2D eigenvalue weighted by Gasteiger charge is 2.37. The average molecular weight is 396 g/mol. The summed E-state index contributed by atoms with van der Waals surface area (Å²) in [5.74, 6) is -1.52. The van der Waals surface area contributed by atoms with Crippen molar-refractivity contribution in [2.75, 3.05) is 19.6 Å². The Morgan fingerprint density at radius 3 is 2.83 bits per heavy atom. The number of carbonyl (C=O) groups excluding carboxylic acids is 1. The van der Waals surface area contributed by atoms with Gasteiger partial charge in [-0.15, -0.1) is 0 Å². The lowest BCUT2D eigenvalue weighted by molar-refractivity contribution is -0.131. The first-order chi connectivity index (χ1) is 14.0. The molecule has 2 aromatic rings. The minimum absolute atomic E-state index is 0.252. The van der Waals surface area contributed by atoms with Crippen LogP contribution in [0.2, 0.25) is 0 Å². The maximum Gasteiger partial charge on any atom is 0.299 e. The Kier molecular flexibility index (Phi) is 5.40.